The van der Waals surface area contributed by atoms with Gasteiger partial charge >= 0.3 is 0 Å². The van der Waals surface area contributed by atoms with Gasteiger partial charge < -0.3 is 11.1 Å². The van der Waals surface area contributed by atoms with Crippen molar-refractivity contribution in [3.8, 4) is 11.3 Å². The number of aromatic amines is 2. The molecule has 2 aliphatic rings. The third-order valence-electron chi connectivity index (χ3n) is 3.59. The number of anilines is 3. The molecule has 0 radical (unpaired) electrons. The standard InChI is InChI=1S/C16H13BrN4/c17-10-2-1-3-12(8-10)19-16-14-7-9-6-11(18)4-5-13(9)15(14)20-21-16/h1-8,19-21H,18H2. The number of hydrogen-bond donors (Lipinski definition) is 4. The number of benzene rings is 2. The number of nitrogens with one attached hydrogen (secondary N) is 3. The second kappa shape index (κ2) is 4.56. The minimum atomic E-state index is 0.778. The maximum atomic E-state index is 5.85. The third-order valence-corrected chi connectivity index (χ3v) is 4.08. The van der Waals surface area contributed by atoms with Gasteiger partial charge in [-0.15, -0.1) is 0 Å². The number of hydrogen-bond acceptors (Lipinski definition) is 2. The number of halogens is 1. The Morgan fingerprint density at radius 2 is 1.90 bits per heavy atom. The molecule has 2 aromatic rings. The highest BCUT2D eigenvalue weighted by Gasteiger charge is 2.16. The van der Waals surface area contributed by atoms with Gasteiger partial charge in [0.1, 0.15) is 5.82 Å². The highest BCUT2D eigenvalue weighted by Crippen LogP contribution is 2.38. The Morgan fingerprint density at radius 3 is 2.76 bits per heavy atom. The number of nitrogens with two attached hydrogens (primary N) is 1. The lowest BCUT2D eigenvalue weighted by Crippen LogP contribution is -1.90. The van der Waals surface area contributed by atoms with Crippen molar-refractivity contribution in [1.82, 2.24) is 10.2 Å². The van der Waals surface area contributed by atoms with E-state index in [-0.39, 0.29) is 0 Å². The van der Waals surface area contributed by atoms with Gasteiger partial charge in [0.05, 0.1) is 5.69 Å². The van der Waals surface area contributed by atoms with Gasteiger partial charge in [-0.25, -0.2) is 0 Å². The third kappa shape index (κ3) is 2.06. The summed E-state index contributed by atoms with van der Waals surface area (Å²) in [5.74, 6) is 0.942. The first-order valence-corrected chi connectivity index (χ1v) is 7.41. The Kier molecular flexibility index (Phi) is 2.68. The maximum absolute atomic E-state index is 5.85. The van der Waals surface area contributed by atoms with Crippen LogP contribution in [0, 0.1) is 0 Å². The lowest BCUT2D eigenvalue weighted by atomic mass is 10.2. The molecule has 1 aliphatic heterocycles. The molecule has 5 heteroatoms. The Bertz CT molecular complexity index is 906. The molecule has 21 heavy (non-hydrogen) atoms. The number of H-pyrrole nitrogens is 2. The van der Waals surface area contributed by atoms with Gasteiger partial charge in [0, 0.05) is 26.8 Å². The quantitative estimate of drug-likeness (QED) is 0.400. The number of fused-ring (bicyclic) bond motifs is 3. The predicted octanol–water partition coefficient (Wildman–Crippen LogP) is 4.69. The summed E-state index contributed by atoms with van der Waals surface area (Å²) in [6.07, 6.45) is 0. The van der Waals surface area contributed by atoms with Crippen LogP contribution in [0.25, 0.3) is 22.0 Å². The number of nitrogen functional groups attached to an aromatic ring is 1. The minimum Gasteiger partial charge on any atom is -0.399 e. The summed E-state index contributed by atoms with van der Waals surface area (Å²) in [5, 5.41) is 12.1. The Balaban J connectivity index is 1.79. The Hall–Kier alpha value is -2.40. The topological polar surface area (TPSA) is 69.6 Å². The van der Waals surface area contributed by atoms with Crippen LogP contribution in [0.4, 0.5) is 17.2 Å². The molecule has 1 aliphatic carbocycles. The predicted molar refractivity (Wildman–Crippen MR) is 91.1 cm³/mol. The molecule has 0 saturated heterocycles. The molecule has 0 amide bonds. The monoisotopic (exact) mass is 340 g/mol. The summed E-state index contributed by atoms with van der Waals surface area (Å²) < 4.78 is 1.04. The molecule has 104 valence electrons. The largest absolute Gasteiger partial charge is 0.399 e. The molecule has 0 bridgehead atoms. The number of aromatic nitrogens is 2. The Labute approximate surface area is 129 Å². The van der Waals surface area contributed by atoms with E-state index >= 15 is 0 Å². The zero-order valence-electron chi connectivity index (χ0n) is 11.1. The lowest BCUT2D eigenvalue weighted by Gasteiger charge is -2.04. The van der Waals surface area contributed by atoms with Crippen molar-refractivity contribution >= 4 is 43.9 Å². The van der Waals surface area contributed by atoms with Gasteiger partial charge in [-0.3, -0.25) is 10.2 Å². The number of rotatable bonds is 2. The summed E-state index contributed by atoms with van der Waals surface area (Å²) in [6.45, 7) is 0. The van der Waals surface area contributed by atoms with E-state index in [4.69, 9.17) is 5.73 Å². The maximum Gasteiger partial charge on any atom is 0.132 e. The molecule has 5 N–H and O–H groups in total. The highest BCUT2D eigenvalue weighted by molar-refractivity contribution is 9.10. The van der Waals surface area contributed by atoms with Gasteiger partial charge in [-0.2, -0.15) is 0 Å². The van der Waals surface area contributed by atoms with E-state index in [2.05, 4.69) is 37.5 Å². The fraction of sp³-hybridized carbons (Fsp3) is 0. The van der Waals surface area contributed by atoms with Crippen LogP contribution < -0.4 is 11.1 Å². The Morgan fingerprint density at radius 1 is 1.00 bits per heavy atom. The van der Waals surface area contributed by atoms with Crippen molar-refractivity contribution in [3.63, 3.8) is 0 Å². The molecule has 0 atom stereocenters. The van der Waals surface area contributed by atoms with Gasteiger partial charge in [0.25, 0.3) is 0 Å². The SMILES string of the molecule is Nc1ccc2c3[nH][nH]c(Nc4cccc(Br)c4)c-3cc2c1. The van der Waals surface area contributed by atoms with Crippen LogP contribution in [-0.4, -0.2) is 10.2 Å². The zero-order chi connectivity index (χ0) is 14.4. The second-order valence-corrected chi connectivity index (χ2v) is 5.96. The first kappa shape index (κ1) is 12.3. The van der Waals surface area contributed by atoms with Gasteiger partial charge in [0.2, 0.25) is 0 Å². The molecule has 1 heterocycles. The van der Waals surface area contributed by atoms with Crippen molar-refractivity contribution in [1.29, 1.82) is 0 Å². The molecule has 0 aromatic heterocycles. The van der Waals surface area contributed by atoms with Gasteiger partial charge in [-0.05, 0) is 41.8 Å². The fourth-order valence-electron chi connectivity index (χ4n) is 2.63. The van der Waals surface area contributed by atoms with Gasteiger partial charge in [0.15, 0.2) is 0 Å². The zero-order valence-corrected chi connectivity index (χ0v) is 12.7. The summed E-state index contributed by atoms with van der Waals surface area (Å²) in [5.41, 5.74) is 9.86. The molecular weight excluding hydrogens is 328 g/mol. The highest BCUT2D eigenvalue weighted by atomic mass is 79.9. The summed E-state index contributed by atoms with van der Waals surface area (Å²) in [7, 11) is 0. The average Bonchev–Trinajstić information content (AvgIpc) is 2.98. The van der Waals surface area contributed by atoms with Crippen LogP contribution in [0.1, 0.15) is 0 Å². The van der Waals surface area contributed by atoms with Crippen LogP contribution in [-0.2, 0) is 0 Å². The molecule has 0 saturated carbocycles. The molecule has 2 aromatic carbocycles. The molecule has 0 unspecified atom stereocenters. The first-order chi connectivity index (χ1) is 10.2. The molecule has 4 rings (SSSR count). The first-order valence-electron chi connectivity index (χ1n) is 6.61. The van der Waals surface area contributed by atoms with E-state index in [0.29, 0.717) is 0 Å². The second-order valence-electron chi connectivity index (χ2n) is 5.04. The lowest BCUT2D eigenvalue weighted by molar-refractivity contribution is 1.11. The van der Waals surface area contributed by atoms with Crippen molar-refractivity contribution in [3.05, 3.63) is 53.0 Å². The van der Waals surface area contributed by atoms with E-state index in [1.165, 1.54) is 0 Å². The molecule has 0 spiro atoms. The van der Waals surface area contributed by atoms with Crippen molar-refractivity contribution in [2.75, 3.05) is 11.1 Å². The van der Waals surface area contributed by atoms with Crippen LogP contribution in [0.2, 0.25) is 0 Å². The van der Waals surface area contributed by atoms with Gasteiger partial charge in [-0.1, -0.05) is 28.1 Å². The molecular formula is C16H13BrN4. The van der Waals surface area contributed by atoms with Crippen LogP contribution >= 0.6 is 15.9 Å². The van der Waals surface area contributed by atoms with E-state index in [1.54, 1.807) is 0 Å². The van der Waals surface area contributed by atoms with Crippen molar-refractivity contribution in [2.45, 2.75) is 0 Å². The van der Waals surface area contributed by atoms with Crippen LogP contribution in [0.3, 0.4) is 0 Å². The summed E-state index contributed by atoms with van der Waals surface area (Å²) in [4.78, 5) is 0. The fourth-order valence-corrected chi connectivity index (χ4v) is 3.03. The van der Waals surface area contributed by atoms with Crippen LogP contribution in [0.15, 0.2) is 53.0 Å². The normalized spacial score (nSPS) is 11.3. The van der Waals surface area contributed by atoms with Crippen molar-refractivity contribution < 1.29 is 0 Å². The summed E-state index contributed by atoms with van der Waals surface area (Å²) in [6, 6.07) is 16.1. The van der Waals surface area contributed by atoms with E-state index in [1.807, 2.05) is 42.5 Å². The van der Waals surface area contributed by atoms with E-state index in [9.17, 15) is 0 Å². The molecule has 0 fully saturated rings. The van der Waals surface area contributed by atoms with E-state index < -0.39 is 0 Å². The summed E-state index contributed by atoms with van der Waals surface area (Å²) >= 11 is 3.48. The smallest absolute Gasteiger partial charge is 0.132 e. The molecule has 4 nitrogen and oxygen atoms in total. The minimum absolute atomic E-state index is 0.778. The van der Waals surface area contributed by atoms with Crippen molar-refractivity contribution in [2.24, 2.45) is 0 Å². The van der Waals surface area contributed by atoms with E-state index in [0.717, 1.165) is 43.7 Å². The van der Waals surface area contributed by atoms with Crippen LogP contribution in [0.5, 0.6) is 0 Å². The average molecular weight is 341 g/mol.